The van der Waals surface area contributed by atoms with E-state index in [4.69, 9.17) is 0 Å². The van der Waals surface area contributed by atoms with Crippen molar-refractivity contribution in [2.75, 3.05) is 0 Å². The third-order valence-electron chi connectivity index (χ3n) is 10.3. The van der Waals surface area contributed by atoms with Gasteiger partial charge in [0.2, 0.25) is 0 Å². The topological polar surface area (TPSA) is 0 Å². The maximum absolute atomic E-state index is 2.84. The summed E-state index contributed by atoms with van der Waals surface area (Å²) in [5.41, 5.74) is 3.36. The Morgan fingerprint density at radius 2 is 0.618 bits per heavy atom. The van der Waals surface area contributed by atoms with Gasteiger partial charge in [0.15, 0.2) is 0 Å². The van der Waals surface area contributed by atoms with Crippen LogP contribution in [0.3, 0.4) is 0 Å². The Hall–Kier alpha value is -0.259. The Balaban J connectivity index is 2.76. The van der Waals surface area contributed by atoms with E-state index in [0.717, 1.165) is 0 Å². The van der Waals surface area contributed by atoms with Crippen molar-refractivity contribution in [3.63, 3.8) is 0 Å². The smallest absolute Gasteiger partial charge is 0.0468 e. The van der Waals surface area contributed by atoms with E-state index < -0.39 is 43.6 Å². The lowest BCUT2D eigenvalue weighted by atomic mass is 9.81. The SMILES string of the molecule is CC1(c2ccccc2)C(C)(c2ccccc2)[Si]([Si](C)(C)C)([Si](C)(C)C)[Si]1([Si](C)(C)C)[Si](C)(C)C. The summed E-state index contributed by atoms with van der Waals surface area (Å²) in [6.45, 7) is 36.2. The van der Waals surface area contributed by atoms with Crippen molar-refractivity contribution >= 4 is 43.6 Å². The lowest BCUT2D eigenvalue weighted by Crippen LogP contribution is -3.15. The fourth-order valence-electron chi connectivity index (χ4n) is 11.5. The largest absolute Gasteiger partial charge is 0.0718 e. The summed E-state index contributed by atoms with van der Waals surface area (Å²) in [5.74, 6) is 0. The van der Waals surface area contributed by atoms with Crippen molar-refractivity contribution in [3.8, 4) is 0 Å². The summed E-state index contributed by atoms with van der Waals surface area (Å²) in [6, 6.07) is 24.0. The Morgan fingerprint density at radius 1 is 0.412 bits per heavy atom. The fourth-order valence-corrected chi connectivity index (χ4v) is 260. The highest BCUT2D eigenvalue weighted by Gasteiger charge is 2.94. The van der Waals surface area contributed by atoms with Gasteiger partial charge in [0.05, 0.1) is 0 Å². The van der Waals surface area contributed by atoms with Gasteiger partial charge in [-0.05, 0) is 21.2 Å². The summed E-state index contributed by atoms with van der Waals surface area (Å²) in [5, 5.41) is 0.592. The molecule has 2 aromatic rings. The molecule has 2 unspecified atom stereocenters. The van der Waals surface area contributed by atoms with Crippen LogP contribution >= 0.6 is 0 Å². The molecule has 0 amide bonds. The molecule has 0 nitrogen and oxygen atoms in total. The number of rotatable bonds is 6. The van der Waals surface area contributed by atoms with E-state index in [2.05, 4.69) is 153 Å². The van der Waals surface area contributed by atoms with Crippen LogP contribution in [0.4, 0.5) is 0 Å². The van der Waals surface area contributed by atoms with Gasteiger partial charge in [0.25, 0.3) is 0 Å². The molecule has 3 rings (SSSR count). The second-order valence-electron chi connectivity index (χ2n) is 15.5. The molecule has 0 aliphatic carbocycles. The van der Waals surface area contributed by atoms with Crippen molar-refractivity contribution in [2.45, 2.75) is 102 Å². The summed E-state index contributed by atoms with van der Waals surface area (Å²) < 4.78 is 0. The zero-order chi connectivity index (χ0) is 26.2. The van der Waals surface area contributed by atoms with Crippen LogP contribution in [0.15, 0.2) is 60.7 Å². The van der Waals surface area contributed by atoms with Crippen molar-refractivity contribution in [2.24, 2.45) is 0 Å². The van der Waals surface area contributed by atoms with E-state index in [1.165, 1.54) is 0 Å². The molecule has 6 heteroatoms. The number of hydrogen-bond donors (Lipinski definition) is 0. The first-order chi connectivity index (χ1) is 15.2. The molecule has 0 saturated carbocycles. The normalized spacial score (nSPS) is 27.2. The van der Waals surface area contributed by atoms with Crippen molar-refractivity contribution in [3.05, 3.63) is 71.8 Å². The van der Waals surface area contributed by atoms with Gasteiger partial charge in [0, 0.05) is 43.6 Å². The fraction of sp³-hybridized carbons (Fsp3) is 0.571. The molecule has 2 atom stereocenters. The highest BCUT2D eigenvalue weighted by molar-refractivity contribution is 8.12. The second-order valence-corrected chi connectivity index (χ2v) is 79.0. The summed E-state index contributed by atoms with van der Waals surface area (Å²) in [4.78, 5) is 0. The summed E-state index contributed by atoms with van der Waals surface area (Å²) >= 11 is 0. The van der Waals surface area contributed by atoms with Crippen LogP contribution < -0.4 is 0 Å². The van der Waals surface area contributed by atoms with E-state index in [9.17, 15) is 0 Å². The van der Waals surface area contributed by atoms with E-state index in [1.54, 1.807) is 11.1 Å². The van der Waals surface area contributed by atoms with Gasteiger partial charge in [-0.1, -0.05) is 153 Å². The van der Waals surface area contributed by atoms with Gasteiger partial charge >= 0.3 is 0 Å². The van der Waals surface area contributed by atoms with Gasteiger partial charge in [-0.2, -0.15) is 0 Å². The Morgan fingerprint density at radius 3 is 0.794 bits per heavy atom. The highest BCUT2D eigenvalue weighted by Crippen LogP contribution is 2.74. The average molecular weight is 557 g/mol. The van der Waals surface area contributed by atoms with Gasteiger partial charge < -0.3 is 0 Å². The average Bonchev–Trinajstić information content (AvgIpc) is 2.67. The lowest BCUT2D eigenvalue weighted by molar-refractivity contribution is 0.441. The monoisotopic (exact) mass is 556 g/mol. The van der Waals surface area contributed by atoms with Crippen molar-refractivity contribution in [1.29, 1.82) is 0 Å². The lowest BCUT2D eigenvalue weighted by Gasteiger charge is -2.91. The third-order valence-corrected chi connectivity index (χ3v) is 141. The molecule has 1 aliphatic rings. The molecule has 1 saturated heterocycles. The molecular weight excluding hydrogens is 505 g/mol. The molecule has 1 fully saturated rings. The Bertz CT molecular complexity index is 908. The summed E-state index contributed by atoms with van der Waals surface area (Å²) in [6.07, 6.45) is 0. The minimum Gasteiger partial charge on any atom is -0.0718 e. The third kappa shape index (κ3) is 3.02. The second kappa shape index (κ2) is 8.12. The molecule has 2 aromatic carbocycles. The zero-order valence-corrected chi connectivity index (χ0v) is 30.8. The predicted molar refractivity (Wildman–Crippen MR) is 172 cm³/mol. The van der Waals surface area contributed by atoms with Crippen LogP contribution in [-0.4, -0.2) is 43.6 Å². The molecule has 0 N–H and O–H groups in total. The predicted octanol–water partition coefficient (Wildman–Crippen LogP) is 8.64. The van der Waals surface area contributed by atoms with Gasteiger partial charge in [-0.15, -0.1) is 0 Å². The minimum absolute atomic E-state index is 0.296. The molecule has 1 heterocycles. The number of hydrogen-bond acceptors (Lipinski definition) is 0. The van der Waals surface area contributed by atoms with Gasteiger partial charge in [-0.3, -0.25) is 0 Å². The molecule has 1 aliphatic heterocycles. The highest BCUT2D eigenvalue weighted by atomic mass is 30.2. The van der Waals surface area contributed by atoms with E-state index in [1.807, 2.05) is 0 Å². The molecule has 0 bridgehead atoms. The first-order valence-corrected chi connectivity index (χ1v) is 36.3. The maximum Gasteiger partial charge on any atom is 0.0468 e. The van der Waals surface area contributed by atoms with Crippen LogP contribution in [0.5, 0.6) is 0 Å². The van der Waals surface area contributed by atoms with E-state index in [-0.39, 0.29) is 0 Å². The van der Waals surface area contributed by atoms with Crippen molar-refractivity contribution < 1.29 is 0 Å². The molecule has 0 aromatic heterocycles. The van der Waals surface area contributed by atoms with Crippen LogP contribution in [-0.2, 0) is 10.1 Å². The first kappa shape index (κ1) is 28.3. The van der Waals surface area contributed by atoms with E-state index in [0.29, 0.717) is 10.1 Å². The van der Waals surface area contributed by atoms with Crippen LogP contribution in [0, 0.1) is 0 Å². The van der Waals surface area contributed by atoms with Crippen LogP contribution in [0.25, 0.3) is 0 Å². The van der Waals surface area contributed by atoms with Crippen LogP contribution in [0.2, 0.25) is 78.6 Å². The molecule has 34 heavy (non-hydrogen) atoms. The first-order valence-electron chi connectivity index (χ1n) is 13.3. The maximum atomic E-state index is 2.84. The number of benzene rings is 2. The molecule has 0 spiro atoms. The Labute approximate surface area is 217 Å². The quantitative estimate of drug-likeness (QED) is 0.312. The van der Waals surface area contributed by atoms with Gasteiger partial charge in [0.1, 0.15) is 0 Å². The van der Waals surface area contributed by atoms with Gasteiger partial charge in [-0.25, -0.2) is 0 Å². The molecular formula is C28H52Si6. The van der Waals surface area contributed by atoms with Crippen molar-refractivity contribution in [1.82, 2.24) is 0 Å². The van der Waals surface area contributed by atoms with Crippen LogP contribution in [0.1, 0.15) is 25.0 Å². The molecule has 0 radical (unpaired) electrons. The molecule has 188 valence electrons. The van der Waals surface area contributed by atoms with E-state index >= 15 is 0 Å². The minimum atomic E-state index is -1.77. The Kier molecular flexibility index (Phi) is 6.76. The summed E-state index contributed by atoms with van der Waals surface area (Å²) in [7, 11) is -6.09. The zero-order valence-electron chi connectivity index (χ0n) is 24.8. The standard InChI is InChI=1S/C28H52Si6/c1-27(25-21-17-15-18-22-25)28(2,26-23-19-16-20-24-26)34(31(9,10)11,32(12,13)14)33(27,29(3,4)5)30(6,7)8/h15-24H,1-14H3.